The quantitative estimate of drug-likeness (QED) is 0.550. The second kappa shape index (κ2) is 6.66. The highest BCUT2D eigenvalue weighted by molar-refractivity contribution is 7.04. The Morgan fingerprint density at radius 3 is 1.55 bits per heavy atom. The Balaban J connectivity index is 2.73. The van der Waals surface area contributed by atoms with Crippen LogP contribution in [0.3, 0.4) is 0 Å². The van der Waals surface area contributed by atoms with Crippen LogP contribution < -0.4 is 10.4 Å². The van der Waals surface area contributed by atoms with Gasteiger partial charge >= 0.3 is 0 Å². The molecule has 0 saturated heterocycles. The minimum Gasteiger partial charge on any atom is -0.0879 e. The van der Waals surface area contributed by atoms with Gasteiger partial charge in [-0.05, 0) is 24.9 Å². The van der Waals surface area contributed by atoms with Crippen molar-refractivity contribution in [3.8, 4) is 0 Å². The Bertz CT molecular complexity index is 574. The second-order valence-electron chi connectivity index (χ2n) is 7.37. The van der Waals surface area contributed by atoms with Crippen LogP contribution in [0, 0.1) is 0 Å². The molecular formula is C21H28Si. The van der Waals surface area contributed by atoms with E-state index in [9.17, 15) is 0 Å². The van der Waals surface area contributed by atoms with Gasteiger partial charge in [0.15, 0.2) is 0 Å². The van der Waals surface area contributed by atoms with E-state index in [1.807, 2.05) is 0 Å². The summed E-state index contributed by atoms with van der Waals surface area (Å²) in [5, 5.41) is 3.32. The Morgan fingerprint density at radius 1 is 0.818 bits per heavy atom. The highest BCUT2D eigenvalue weighted by Crippen LogP contribution is 2.39. The van der Waals surface area contributed by atoms with E-state index in [-0.39, 0.29) is 5.04 Å². The van der Waals surface area contributed by atoms with Gasteiger partial charge in [-0.1, -0.05) is 103 Å². The van der Waals surface area contributed by atoms with Gasteiger partial charge in [-0.25, -0.2) is 0 Å². The Labute approximate surface area is 136 Å². The fourth-order valence-electron chi connectivity index (χ4n) is 3.38. The van der Waals surface area contributed by atoms with Gasteiger partial charge in [-0.2, -0.15) is 0 Å². The monoisotopic (exact) mass is 308 g/mol. The zero-order chi connectivity index (χ0) is 16.2. The van der Waals surface area contributed by atoms with Crippen molar-refractivity contribution in [2.45, 2.75) is 45.7 Å². The predicted octanol–water partition coefficient (Wildman–Crippen LogP) is 5.02. The van der Waals surface area contributed by atoms with E-state index in [4.69, 9.17) is 0 Å². The molecule has 0 N–H and O–H groups in total. The molecule has 0 aliphatic heterocycles. The van der Waals surface area contributed by atoms with Crippen LogP contribution in [0.2, 0.25) is 11.1 Å². The molecule has 2 rings (SSSR count). The number of rotatable bonds is 4. The molecule has 22 heavy (non-hydrogen) atoms. The first kappa shape index (κ1) is 16.8. The summed E-state index contributed by atoms with van der Waals surface area (Å²) in [6.45, 7) is 11.7. The first-order valence-corrected chi connectivity index (χ1v) is 10.3. The van der Waals surface area contributed by atoms with Crippen molar-refractivity contribution in [3.05, 3.63) is 72.3 Å². The van der Waals surface area contributed by atoms with Gasteiger partial charge in [0.2, 0.25) is 0 Å². The lowest BCUT2D eigenvalue weighted by Crippen LogP contribution is -2.63. The van der Waals surface area contributed by atoms with E-state index in [1.54, 1.807) is 0 Å². The van der Waals surface area contributed by atoms with Crippen LogP contribution in [0.4, 0.5) is 0 Å². The van der Waals surface area contributed by atoms with Gasteiger partial charge < -0.3 is 0 Å². The molecule has 2 aromatic carbocycles. The van der Waals surface area contributed by atoms with Gasteiger partial charge in [0.05, 0.1) is 0 Å². The normalized spacial score (nSPS) is 12.0. The summed E-state index contributed by atoms with van der Waals surface area (Å²) in [7, 11) is -1.89. The maximum Gasteiger partial charge on any atom is 0.126 e. The van der Waals surface area contributed by atoms with Crippen LogP contribution in [0.25, 0.3) is 0 Å². The summed E-state index contributed by atoms with van der Waals surface area (Å²) in [5.41, 5.74) is 1.41. The molecule has 0 atom stereocenters. The fraction of sp³-hybridized carbons (Fsp3) is 0.333. The summed E-state index contributed by atoms with van der Waals surface area (Å²) in [5.74, 6) is 0. The third-order valence-corrected chi connectivity index (χ3v) is 10.6. The van der Waals surface area contributed by atoms with Crippen molar-refractivity contribution >= 4 is 18.4 Å². The highest BCUT2D eigenvalue weighted by atomic mass is 28.3. The van der Waals surface area contributed by atoms with Crippen molar-refractivity contribution in [2.24, 2.45) is 0 Å². The third kappa shape index (κ3) is 3.25. The van der Waals surface area contributed by atoms with E-state index in [0.29, 0.717) is 0 Å². The van der Waals surface area contributed by atoms with E-state index < -0.39 is 8.07 Å². The summed E-state index contributed by atoms with van der Waals surface area (Å²) >= 11 is 0. The van der Waals surface area contributed by atoms with E-state index >= 15 is 0 Å². The second-order valence-corrected chi connectivity index (χ2v) is 12.2. The topological polar surface area (TPSA) is 0 Å². The van der Waals surface area contributed by atoms with Crippen molar-refractivity contribution < 1.29 is 0 Å². The standard InChI is InChI=1S/C21H28Si/c1-18(2)16-17-22(21(3,4)5,19-12-8-6-9-13-19)20-14-10-7-11-15-20/h6-16H,17H2,1-5H3. The number of benzene rings is 2. The van der Waals surface area contributed by atoms with Crippen LogP contribution in [0.5, 0.6) is 0 Å². The number of hydrogen-bond acceptors (Lipinski definition) is 0. The van der Waals surface area contributed by atoms with Gasteiger partial charge in [0.25, 0.3) is 0 Å². The van der Waals surface area contributed by atoms with Crippen LogP contribution in [0.1, 0.15) is 34.6 Å². The van der Waals surface area contributed by atoms with Crippen LogP contribution in [-0.2, 0) is 0 Å². The maximum atomic E-state index is 2.44. The van der Waals surface area contributed by atoms with E-state index in [1.165, 1.54) is 15.9 Å². The van der Waals surface area contributed by atoms with Crippen molar-refractivity contribution in [2.75, 3.05) is 0 Å². The molecule has 116 valence electrons. The average molecular weight is 309 g/mol. The maximum absolute atomic E-state index is 2.44. The molecule has 0 fully saturated rings. The fourth-order valence-corrected chi connectivity index (χ4v) is 8.76. The predicted molar refractivity (Wildman–Crippen MR) is 102 cm³/mol. The lowest BCUT2D eigenvalue weighted by molar-refractivity contribution is 0.730. The summed E-state index contributed by atoms with van der Waals surface area (Å²) in [4.78, 5) is 0. The molecule has 0 saturated carbocycles. The van der Waals surface area contributed by atoms with Gasteiger partial charge in [-0.3, -0.25) is 0 Å². The van der Waals surface area contributed by atoms with E-state index in [0.717, 1.165) is 6.04 Å². The first-order valence-electron chi connectivity index (χ1n) is 8.12. The summed E-state index contributed by atoms with van der Waals surface area (Å²) < 4.78 is 0. The zero-order valence-corrected chi connectivity index (χ0v) is 15.6. The van der Waals surface area contributed by atoms with Crippen molar-refractivity contribution in [1.82, 2.24) is 0 Å². The van der Waals surface area contributed by atoms with Gasteiger partial charge in [0.1, 0.15) is 8.07 Å². The molecule has 0 amide bonds. The lowest BCUT2D eigenvalue weighted by Gasteiger charge is -2.44. The Kier molecular flexibility index (Phi) is 5.07. The van der Waals surface area contributed by atoms with E-state index in [2.05, 4.69) is 101 Å². The van der Waals surface area contributed by atoms with Crippen molar-refractivity contribution in [1.29, 1.82) is 0 Å². The Hall–Kier alpha value is -1.60. The summed E-state index contributed by atoms with van der Waals surface area (Å²) in [6, 6.07) is 23.5. The van der Waals surface area contributed by atoms with Crippen molar-refractivity contribution in [3.63, 3.8) is 0 Å². The minimum absolute atomic E-state index is 0.252. The Morgan fingerprint density at radius 2 is 1.23 bits per heavy atom. The van der Waals surface area contributed by atoms with Crippen LogP contribution in [0.15, 0.2) is 72.3 Å². The molecule has 0 bridgehead atoms. The zero-order valence-electron chi connectivity index (χ0n) is 14.6. The molecule has 1 heteroatoms. The molecule has 0 aliphatic rings. The largest absolute Gasteiger partial charge is 0.126 e. The average Bonchev–Trinajstić information content (AvgIpc) is 2.48. The summed E-state index contributed by atoms with van der Waals surface area (Å²) in [6.07, 6.45) is 2.44. The van der Waals surface area contributed by atoms with Gasteiger partial charge in [-0.15, -0.1) is 0 Å². The first-order chi connectivity index (χ1) is 10.4. The molecule has 0 aliphatic carbocycles. The molecule has 0 spiro atoms. The SMILES string of the molecule is CC(C)=CC[Si](c1ccccc1)(c1ccccc1)C(C)(C)C. The minimum atomic E-state index is -1.89. The molecule has 0 unspecified atom stereocenters. The smallest absolute Gasteiger partial charge is 0.0879 e. The molecule has 2 aromatic rings. The van der Waals surface area contributed by atoms with Crippen LogP contribution in [-0.4, -0.2) is 8.07 Å². The molecular weight excluding hydrogens is 280 g/mol. The van der Waals surface area contributed by atoms with Crippen LogP contribution >= 0.6 is 0 Å². The number of hydrogen-bond donors (Lipinski definition) is 0. The molecule has 0 radical (unpaired) electrons. The van der Waals surface area contributed by atoms with Gasteiger partial charge in [0, 0.05) is 0 Å². The lowest BCUT2D eigenvalue weighted by atomic mass is 10.2. The highest BCUT2D eigenvalue weighted by Gasteiger charge is 2.46. The molecule has 0 heterocycles. The third-order valence-electron chi connectivity index (χ3n) is 4.63. The molecule has 0 aromatic heterocycles. The number of allylic oxidation sites excluding steroid dienone is 2. The molecule has 0 nitrogen and oxygen atoms in total.